The van der Waals surface area contributed by atoms with E-state index in [9.17, 15) is 4.39 Å². The molecule has 3 nitrogen and oxygen atoms in total. The maximum atomic E-state index is 12.8. The summed E-state index contributed by atoms with van der Waals surface area (Å²) in [4.78, 5) is 0. The average molecular weight is 233 g/mol. The number of hydrogen-bond donors (Lipinski definition) is 1. The molecular formula is C13H16FN3. The molecule has 0 saturated heterocycles. The number of halogens is 1. The van der Waals surface area contributed by atoms with E-state index in [1.54, 1.807) is 12.1 Å². The Labute approximate surface area is 100 Å². The van der Waals surface area contributed by atoms with Crippen LogP contribution in [0, 0.1) is 5.82 Å². The minimum absolute atomic E-state index is 0.223. The molecule has 2 N–H and O–H groups in total. The van der Waals surface area contributed by atoms with Gasteiger partial charge in [0.2, 0.25) is 0 Å². The summed E-state index contributed by atoms with van der Waals surface area (Å²) in [5.41, 5.74) is 8.47. The first-order valence-corrected chi connectivity index (χ1v) is 5.69. The molecule has 0 spiro atoms. The number of nitrogens with zero attached hydrogens (tertiary/aromatic N) is 2. The molecule has 0 atom stereocenters. The zero-order chi connectivity index (χ0) is 12.3. The van der Waals surface area contributed by atoms with Crippen LogP contribution in [0.1, 0.15) is 12.1 Å². The molecule has 0 aliphatic carbocycles. The molecule has 1 aromatic heterocycles. The SMILES string of the molecule is Cn1nc(CCCN)cc1-c1ccc(F)cc1. The van der Waals surface area contributed by atoms with Gasteiger partial charge >= 0.3 is 0 Å². The molecule has 0 fully saturated rings. The zero-order valence-electron chi connectivity index (χ0n) is 9.86. The molecule has 0 radical (unpaired) electrons. The van der Waals surface area contributed by atoms with Gasteiger partial charge in [-0.05, 0) is 55.3 Å². The van der Waals surface area contributed by atoms with E-state index in [1.807, 2.05) is 17.8 Å². The van der Waals surface area contributed by atoms with Gasteiger partial charge in [-0.25, -0.2) is 4.39 Å². The molecule has 0 aliphatic rings. The van der Waals surface area contributed by atoms with Gasteiger partial charge in [0, 0.05) is 7.05 Å². The van der Waals surface area contributed by atoms with Gasteiger partial charge in [-0.1, -0.05) is 0 Å². The highest BCUT2D eigenvalue weighted by Crippen LogP contribution is 2.20. The van der Waals surface area contributed by atoms with Crippen LogP contribution in [0.5, 0.6) is 0 Å². The number of hydrogen-bond acceptors (Lipinski definition) is 2. The van der Waals surface area contributed by atoms with Crippen molar-refractivity contribution in [2.75, 3.05) is 6.54 Å². The Morgan fingerprint density at radius 1 is 1.29 bits per heavy atom. The average Bonchev–Trinajstić information content (AvgIpc) is 2.69. The summed E-state index contributed by atoms with van der Waals surface area (Å²) >= 11 is 0. The summed E-state index contributed by atoms with van der Waals surface area (Å²) in [7, 11) is 1.89. The van der Waals surface area contributed by atoms with Crippen molar-refractivity contribution >= 4 is 0 Å². The zero-order valence-corrected chi connectivity index (χ0v) is 9.86. The third-order valence-corrected chi connectivity index (χ3v) is 2.71. The largest absolute Gasteiger partial charge is 0.330 e. The number of rotatable bonds is 4. The lowest BCUT2D eigenvalue weighted by atomic mass is 10.1. The Morgan fingerprint density at radius 3 is 2.65 bits per heavy atom. The molecule has 0 bridgehead atoms. The molecule has 1 aromatic carbocycles. The molecule has 90 valence electrons. The molecule has 1 heterocycles. The van der Waals surface area contributed by atoms with Gasteiger partial charge in [0.05, 0.1) is 11.4 Å². The van der Waals surface area contributed by atoms with Gasteiger partial charge < -0.3 is 5.73 Å². The molecule has 0 saturated carbocycles. The number of aryl methyl sites for hydroxylation is 2. The van der Waals surface area contributed by atoms with Crippen molar-refractivity contribution in [3.05, 3.63) is 41.8 Å². The van der Waals surface area contributed by atoms with E-state index in [4.69, 9.17) is 5.73 Å². The van der Waals surface area contributed by atoms with Crippen LogP contribution in [0.15, 0.2) is 30.3 Å². The monoisotopic (exact) mass is 233 g/mol. The fourth-order valence-corrected chi connectivity index (χ4v) is 1.82. The van der Waals surface area contributed by atoms with Crippen LogP contribution >= 0.6 is 0 Å². The van der Waals surface area contributed by atoms with Crippen LogP contribution in [-0.2, 0) is 13.5 Å². The minimum atomic E-state index is -0.223. The third kappa shape index (κ3) is 2.71. The van der Waals surface area contributed by atoms with E-state index in [0.29, 0.717) is 6.54 Å². The topological polar surface area (TPSA) is 43.8 Å². The summed E-state index contributed by atoms with van der Waals surface area (Å²) in [5, 5.41) is 4.41. The molecule has 2 rings (SSSR count). The minimum Gasteiger partial charge on any atom is -0.330 e. The molecule has 0 aliphatic heterocycles. The predicted molar refractivity (Wildman–Crippen MR) is 66.0 cm³/mol. The van der Waals surface area contributed by atoms with Crippen LogP contribution in [0.25, 0.3) is 11.3 Å². The van der Waals surface area contributed by atoms with E-state index in [-0.39, 0.29) is 5.82 Å². The molecule has 4 heteroatoms. The van der Waals surface area contributed by atoms with Gasteiger partial charge in [-0.2, -0.15) is 5.10 Å². The van der Waals surface area contributed by atoms with E-state index in [0.717, 1.165) is 29.8 Å². The van der Waals surface area contributed by atoms with E-state index in [2.05, 4.69) is 5.10 Å². The van der Waals surface area contributed by atoms with Crippen LogP contribution in [-0.4, -0.2) is 16.3 Å². The molecule has 0 amide bonds. The third-order valence-electron chi connectivity index (χ3n) is 2.71. The van der Waals surface area contributed by atoms with E-state index < -0.39 is 0 Å². The second-order valence-corrected chi connectivity index (χ2v) is 4.04. The van der Waals surface area contributed by atoms with Crippen molar-refractivity contribution in [3.8, 4) is 11.3 Å². The lowest BCUT2D eigenvalue weighted by Crippen LogP contribution is -2.01. The highest BCUT2D eigenvalue weighted by Gasteiger charge is 2.07. The number of benzene rings is 1. The second-order valence-electron chi connectivity index (χ2n) is 4.04. The van der Waals surface area contributed by atoms with Crippen LogP contribution in [0.4, 0.5) is 4.39 Å². The van der Waals surface area contributed by atoms with Crippen molar-refractivity contribution in [1.82, 2.24) is 9.78 Å². The highest BCUT2D eigenvalue weighted by atomic mass is 19.1. The Balaban J connectivity index is 2.26. The fourth-order valence-electron chi connectivity index (χ4n) is 1.82. The summed E-state index contributed by atoms with van der Waals surface area (Å²) in [6.07, 6.45) is 1.81. The lowest BCUT2D eigenvalue weighted by Gasteiger charge is -2.00. The summed E-state index contributed by atoms with van der Waals surface area (Å²) < 4.78 is 14.7. The van der Waals surface area contributed by atoms with Crippen molar-refractivity contribution in [2.24, 2.45) is 12.8 Å². The molecule has 17 heavy (non-hydrogen) atoms. The van der Waals surface area contributed by atoms with E-state index in [1.165, 1.54) is 12.1 Å². The Bertz CT molecular complexity index is 488. The van der Waals surface area contributed by atoms with Crippen LogP contribution < -0.4 is 5.73 Å². The smallest absolute Gasteiger partial charge is 0.123 e. The van der Waals surface area contributed by atoms with Crippen LogP contribution in [0.3, 0.4) is 0 Å². The van der Waals surface area contributed by atoms with Gasteiger partial charge in [0.1, 0.15) is 5.82 Å². The van der Waals surface area contributed by atoms with Crippen LogP contribution in [0.2, 0.25) is 0 Å². The summed E-state index contributed by atoms with van der Waals surface area (Å²) in [6, 6.07) is 8.48. The van der Waals surface area contributed by atoms with Gasteiger partial charge in [-0.15, -0.1) is 0 Å². The van der Waals surface area contributed by atoms with E-state index >= 15 is 0 Å². The quantitative estimate of drug-likeness (QED) is 0.879. The standard InChI is InChI=1S/C13H16FN3/c1-17-13(9-12(16-17)3-2-8-15)10-4-6-11(14)7-5-10/h4-7,9H,2-3,8,15H2,1H3. The lowest BCUT2D eigenvalue weighted by molar-refractivity contribution is 0.628. The second kappa shape index (κ2) is 5.10. The van der Waals surface area contributed by atoms with Gasteiger partial charge in [0.15, 0.2) is 0 Å². The Hall–Kier alpha value is -1.68. The van der Waals surface area contributed by atoms with Crippen molar-refractivity contribution in [1.29, 1.82) is 0 Å². The molecular weight excluding hydrogens is 217 g/mol. The summed E-state index contributed by atoms with van der Waals surface area (Å²) in [6.45, 7) is 0.669. The Morgan fingerprint density at radius 2 is 2.00 bits per heavy atom. The first-order valence-electron chi connectivity index (χ1n) is 5.69. The molecule has 0 unspecified atom stereocenters. The van der Waals surface area contributed by atoms with Crippen molar-refractivity contribution in [3.63, 3.8) is 0 Å². The first-order chi connectivity index (χ1) is 8.20. The van der Waals surface area contributed by atoms with Gasteiger partial charge in [-0.3, -0.25) is 4.68 Å². The summed E-state index contributed by atoms with van der Waals surface area (Å²) in [5.74, 6) is -0.223. The van der Waals surface area contributed by atoms with Crippen molar-refractivity contribution in [2.45, 2.75) is 12.8 Å². The maximum Gasteiger partial charge on any atom is 0.123 e. The normalized spacial score (nSPS) is 10.8. The number of aromatic nitrogens is 2. The van der Waals surface area contributed by atoms with Gasteiger partial charge in [0.25, 0.3) is 0 Å². The first kappa shape index (κ1) is 11.8. The Kier molecular flexibility index (Phi) is 3.54. The maximum absolute atomic E-state index is 12.8. The predicted octanol–water partition coefficient (Wildman–Crippen LogP) is 2.12. The fraction of sp³-hybridized carbons (Fsp3) is 0.308. The van der Waals surface area contributed by atoms with Crippen molar-refractivity contribution < 1.29 is 4.39 Å². The highest BCUT2D eigenvalue weighted by molar-refractivity contribution is 5.59. The molecule has 2 aromatic rings. The number of nitrogens with two attached hydrogens (primary N) is 1.